The van der Waals surface area contributed by atoms with Crippen LogP contribution >= 0.6 is 0 Å². The SMILES string of the molecule is OCC(OCc1cnc[nH]1)c1cccc2ccccc12. The Morgan fingerprint density at radius 2 is 2.00 bits per heavy atom. The highest BCUT2D eigenvalue weighted by Crippen LogP contribution is 2.26. The van der Waals surface area contributed by atoms with Crippen LogP contribution in [-0.4, -0.2) is 21.7 Å². The molecule has 0 saturated carbocycles. The van der Waals surface area contributed by atoms with Crippen molar-refractivity contribution < 1.29 is 9.84 Å². The number of imidazole rings is 1. The number of aliphatic hydroxyl groups excluding tert-OH is 1. The molecule has 4 heteroatoms. The van der Waals surface area contributed by atoms with E-state index in [0.29, 0.717) is 6.61 Å². The molecule has 0 amide bonds. The summed E-state index contributed by atoms with van der Waals surface area (Å²) in [5, 5.41) is 11.9. The van der Waals surface area contributed by atoms with Gasteiger partial charge in [-0.2, -0.15) is 0 Å². The molecule has 0 aliphatic carbocycles. The van der Waals surface area contributed by atoms with Crippen molar-refractivity contribution in [1.29, 1.82) is 0 Å². The third kappa shape index (κ3) is 2.57. The van der Waals surface area contributed by atoms with Crippen molar-refractivity contribution in [3.63, 3.8) is 0 Å². The maximum absolute atomic E-state index is 9.62. The van der Waals surface area contributed by atoms with E-state index >= 15 is 0 Å². The first-order valence-corrected chi connectivity index (χ1v) is 6.56. The lowest BCUT2D eigenvalue weighted by Gasteiger charge is -2.17. The molecule has 1 unspecified atom stereocenters. The molecule has 0 fully saturated rings. The highest BCUT2D eigenvalue weighted by molar-refractivity contribution is 5.85. The second kappa shape index (κ2) is 5.86. The Morgan fingerprint density at radius 1 is 1.15 bits per heavy atom. The van der Waals surface area contributed by atoms with E-state index in [1.807, 2.05) is 30.3 Å². The normalized spacial score (nSPS) is 12.7. The van der Waals surface area contributed by atoms with Gasteiger partial charge in [0.2, 0.25) is 0 Å². The van der Waals surface area contributed by atoms with Crippen LogP contribution < -0.4 is 0 Å². The molecule has 2 aromatic carbocycles. The van der Waals surface area contributed by atoms with E-state index in [0.717, 1.165) is 22.0 Å². The molecule has 1 atom stereocenters. The lowest BCUT2D eigenvalue weighted by Crippen LogP contribution is -2.09. The van der Waals surface area contributed by atoms with Crippen molar-refractivity contribution in [3.05, 3.63) is 66.2 Å². The highest BCUT2D eigenvalue weighted by atomic mass is 16.5. The van der Waals surface area contributed by atoms with Gasteiger partial charge in [0.15, 0.2) is 0 Å². The summed E-state index contributed by atoms with van der Waals surface area (Å²) in [4.78, 5) is 6.94. The van der Waals surface area contributed by atoms with Crippen LogP contribution in [-0.2, 0) is 11.3 Å². The fourth-order valence-electron chi connectivity index (χ4n) is 2.33. The summed E-state index contributed by atoms with van der Waals surface area (Å²) in [6.07, 6.45) is 2.99. The van der Waals surface area contributed by atoms with Crippen LogP contribution in [0, 0.1) is 0 Å². The highest BCUT2D eigenvalue weighted by Gasteiger charge is 2.14. The quantitative estimate of drug-likeness (QED) is 0.748. The molecule has 0 aliphatic rings. The maximum Gasteiger partial charge on any atom is 0.107 e. The van der Waals surface area contributed by atoms with Gasteiger partial charge in [-0.15, -0.1) is 0 Å². The number of aromatic nitrogens is 2. The number of hydrogen-bond donors (Lipinski definition) is 2. The van der Waals surface area contributed by atoms with Gasteiger partial charge in [0, 0.05) is 0 Å². The molecular weight excluding hydrogens is 252 g/mol. The molecular formula is C16H16N2O2. The summed E-state index contributed by atoms with van der Waals surface area (Å²) in [5.41, 5.74) is 1.90. The second-order valence-electron chi connectivity index (χ2n) is 4.63. The predicted molar refractivity (Wildman–Crippen MR) is 77.2 cm³/mol. The van der Waals surface area contributed by atoms with Gasteiger partial charge in [-0.1, -0.05) is 42.5 Å². The first-order valence-electron chi connectivity index (χ1n) is 6.56. The molecule has 0 radical (unpaired) electrons. The zero-order chi connectivity index (χ0) is 13.8. The first-order chi connectivity index (χ1) is 9.88. The van der Waals surface area contributed by atoms with Crippen LogP contribution in [0.1, 0.15) is 17.4 Å². The summed E-state index contributed by atoms with van der Waals surface area (Å²) in [6, 6.07) is 14.1. The molecule has 1 aromatic heterocycles. The van der Waals surface area contributed by atoms with Crippen molar-refractivity contribution in [2.24, 2.45) is 0 Å². The fourth-order valence-corrected chi connectivity index (χ4v) is 2.33. The third-order valence-corrected chi connectivity index (χ3v) is 3.33. The van der Waals surface area contributed by atoms with E-state index in [1.54, 1.807) is 12.5 Å². The zero-order valence-corrected chi connectivity index (χ0v) is 11.0. The summed E-state index contributed by atoms with van der Waals surface area (Å²) in [5.74, 6) is 0. The van der Waals surface area contributed by atoms with Crippen molar-refractivity contribution in [3.8, 4) is 0 Å². The number of H-pyrrole nitrogens is 1. The van der Waals surface area contributed by atoms with Crippen molar-refractivity contribution >= 4 is 10.8 Å². The number of ether oxygens (including phenoxy) is 1. The van der Waals surface area contributed by atoms with Crippen LogP contribution in [0.3, 0.4) is 0 Å². The van der Waals surface area contributed by atoms with Crippen LogP contribution in [0.15, 0.2) is 55.0 Å². The van der Waals surface area contributed by atoms with Crippen molar-refractivity contribution in [2.45, 2.75) is 12.7 Å². The number of nitrogens with one attached hydrogen (secondary N) is 1. The molecule has 0 spiro atoms. The smallest absolute Gasteiger partial charge is 0.107 e. The van der Waals surface area contributed by atoms with E-state index in [1.165, 1.54) is 0 Å². The summed E-state index contributed by atoms with van der Waals surface area (Å²) < 4.78 is 5.81. The Labute approximate surface area is 117 Å². The van der Waals surface area contributed by atoms with Crippen LogP contribution in [0.5, 0.6) is 0 Å². The standard InChI is InChI=1S/C16H16N2O2/c19-9-16(20-10-13-8-17-11-18-13)15-7-3-5-12-4-1-2-6-14(12)15/h1-8,11,16,19H,9-10H2,(H,17,18). The number of benzene rings is 2. The monoisotopic (exact) mass is 268 g/mol. The first kappa shape index (κ1) is 12.8. The Balaban J connectivity index is 1.87. The van der Waals surface area contributed by atoms with Crippen LogP contribution in [0.2, 0.25) is 0 Å². The molecule has 0 aliphatic heterocycles. The molecule has 2 N–H and O–H groups in total. The lowest BCUT2D eigenvalue weighted by molar-refractivity contribution is 0.000696. The van der Waals surface area contributed by atoms with Crippen molar-refractivity contribution in [1.82, 2.24) is 9.97 Å². The van der Waals surface area contributed by atoms with Gasteiger partial charge < -0.3 is 14.8 Å². The Bertz CT molecular complexity index is 675. The second-order valence-corrected chi connectivity index (χ2v) is 4.63. The molecule has 102 valence electrons. The summed E-state index contributed by atoms with van der Waals surface area (Å²) in [7, 11) is 0. The predicted octanol–water partition coefficient (Wildman–Crippen LogP) is 2.81. The Hall–Kier alpha value is -2.17. The molecule has 4 nitrogen and oxygen atoms in total. The fraction of sp³-hybridized carbons (Fsp3) is 0.188. The minimum Gasteiger partial charge on any atom is -0.393 e. The number of aromatic amines is 1. The largest absolute Gasteiger partial charge is 0.393 e. The average Bonchev–Trinajstić information content (AvgIpc) is 3.01. The molecule has 1 heterocycles. The molecule has 0 bridgehead atoms. The number of fused-ring (bicyclic) bond motifs is 1. The number of hydrogen-bond acceptors (Lipinski definition) is 3. The van der Waals surface area contributed by atoms with Gasteiger partial charge in [0.1, 0.15) is 6.10 Å². The van der Waals surface area contributed by atoms with E-state index in [4.69, 9.17) is 4.74 Å². The van der Waals surface area contributed by atoms with Gasteiger partial charge in [0.25, 0.3) is 0 Å². The van der Waals surface area contributed by atoms with E-state index in [-0.39, 0.29) is 12.7 Å². The number of aliphatic hydroxyl groups is 1. The van der Waals surface area contributed by atoms with Gasteiger partial charge >= 0.3 is 0 Å². The minimum absolute atomic E-state index is 0.0534. The van der Waals surface area contributed by atoms with E-state index in [2.05, 4.69) is 22.1 Å². The lowest BCUT2D eigenvalue weighted by atomic mass is 10.0. The van der Waals surface area contributed by atoms with Crippen LogP contribution in [0.25, 0.3) is 10.8 Å². The van der Waals surface area contributed by atoms with Gasteiger partial charge in [-0.3, -0.25) is 0 Å². The maximum atomic E-state index is 9.62. The molecule has 20 heavy (non-hydrogen) atoms. The third-order valence-electron chi connectivity index (χ3n) is 3.33. The van der Waals surface area contributed by atoms with E-state index < -0.39 is 0 Å². The van der Waals surface area contributed by atoms with Gasteiger partial charge in [-0.05, 0) is 16.3 Å². The Kier molecular flexibility index (Phi) is 3.76. The van der Waals surface area contributed by atoms with E-state index in [9.17, 15) is 5.11 Å². The Morgan fingerprint density at radius 3 is 2.80 bits per heavy atom. The minimum atomic E-state index is -0.343. The topological polar surface area (TPSA) is 58.1 Å². The van der Waals surface area contributed by atoms with Gasteiger partial charge in [0.05, 0.1) is 31.4 Å². The number of nitrogens with zero attached hydrogens (tertiary/aromatic N) is 1. The summed E-state index contributed by atoms with van der Waals surface area (Å²) >= 11 is 0. The molecule has 3 aromatic rings. The zero-order valence-electron chi connectivity index (χ0n) is 11.0. The average molecular weight is 268 g/mol. The van der Waals surface area contributed by atoms with Gasteiger partial charge in [-0.25, -0.2) is 4.98 Å². The number of rotatable bonds is 5. The summed E-state index contributed by atoms with van der Waals surface area (Å²) in [6.45, 7) is 0.344. The van der Waals surface area contributed by atoms with Crippen molar-refractivity contribution in [2.75, 3.05) is 6.61 Å². The van der Waals surface area contributed by atoms with Crippen LogP contribution in [0.4, 0.5) is 0 Å². The molecule has 3 rings (SSSR count). The molecule has 0 saturated heterocycles.